The van der Waals surface area contributed by atoms with Crippen molar-refractivity contribution in [1.29, 1.82) is 0 Å². The number of rotatable bonds is 1. The second kappa shape index (κ2) is 3.33. The van der Waals surface area contributed by atoms with E-state index in [4.69, 9.17) is 9.47 Å². The lowest BCUT2D eigenvalue weighted by atomic mass is 10.4. The SMILES string of the molecule is CNC1=C(O)COC(C)(C)OC1. The van der Waals surface area contributed by atoms with E-state index in [1.165, 1.54) is 0 Å². The average Bonchev–Trinajstić information content (AvgIpc) is 2.13. The minimum absolute atomic E-state index is 0.198. The van der Waals surface area contributed by atoms with Crippen molar-refractivity contribution in [1.82, 2.24) is 5.32 Å². The maximum Gasteiger partial charge on any atom is 0.163 e. The Hall–Kier alpha value is -0.740. The third kappa shape index (κ3) is 2.12. The minimum atomic E-state index is -0.618. The van der Waals surface area contributed by atoms with E-state index in [0.29, 0.717) is 12.3 Å². The number of nitrogens with one attached hydrogen (secondary N) is 1. The lowest BCUT2D eigenvalue weighted by Gasteiger charge is -2.22. The van der Waals surface area contributed by atoms with Crippen molar-refractivity contribution in [2.24, 2.45) is 0 Å². The molecule has 12 heavy (non-hydrogen) atoms. The third-order valence-electron chi connectivity index (χ3n) is 1.77. The predicted octanol–water partition coefficient (Wildman–Crippen LogP) is 0.758. The Morgan fingerprint density at radius 2 is 1.92 bits per heavy atom. The van der Waals surface area contributed by atoms with E-state index in [0.717, 1.165) is 0 Å². The highest BCUT2D eigenvalue weighted by atomic mass is 16.7. The van der Waals surface area contributed by atoms with Crippen molar-refractivity contribution in [3.8, 4) is 0 Å². The molecule has 0 saturated heterocycles. The molecule has 0 aromatic heterocycles. The van der Waals surface area contributed by atoms with Crippen molar-refractivity contribution < 1.29 is 14.6 Å². The van der Waals surface area contributed by atoms with E-state index in [2.05, 4.69) is 5.32 Å². The summed E-state index contributed by atoms with van der Waals surface area (Å²) in [6, 6.07) is 0. The predicted molar refractivity (Wildman–Crippen MR) is 44.7 cm³/mol. The number of hydrogen-bond donors (Lipinski definition) is 2. The van der Waals surface area contributed by atoms with Crippen molar-refractivity contribution >= 4 is 0 Å². The second-order valence-corrected chi connectivity index (χ2v) is 3.15. The van der Waals surface area contributed by atoms with Crippen LogP contribution in [0.15, 0.2) is 11.5 Å². The van der Waals surface area contributed by atoms with Gasteiger partial charge in [0.05, 0.1) is 12.3 Å². The molecule has 0 spiro atoms. The first kappa shape index (κ1) is 9.35. The molecule has 1 aliphatic rings. The molecule has 4 heteroatoms. The summed E-state index contributed by atoms with van der Waals surface area (Å²) in [6.07, 6.45) is 0. The quantitative estimate of drug-likeness (QED) is 0.614. The maximum absolute atomic E-state index is 9.39. The van der Waals surface area contributed by atoms with Crippen LogP contribution in [0.5, 0.6) is 0 Å². The summed E-state index contributed by atoms with van der Waals surface area (Å²) < 4.78 is 10.6. The van der Waals surface area contributed by atoms with Gasteiger partial charge in [-0.05, 0) is 13.8 Å². The van der Waals surface area contributed by atoms with E-state index in [1.807, 2.05) is 13.8 Å². The van der Waals surface area contributed by atoms with Crippen LogP contribution in [-0.2, 0) is 9.47 Å². The molecule has 2 N–H and O–H groups in total. The largest absolute Gasteiger partial charge is 0.508 e. The van der Waals surface area contributed by atoms with Gasteiger partial charge in [0.1, 0.15) is 12.4 Å². The highest BCUT2D eigenvalue weighted by Crippen LogP contribution is 2.18. The van der Waals surface area contributed by atoms with Crippen LogP contribution in [0.4, 0.5) is 0 Å². The van der Waals surface area contributed by atoms with Crippen LogP contribution < -0.4 is 5.32 Å². The normalized spacial score (nSPS) is 23.6. The molecule has 4 nitrogen and oxygen atoms in total. The fourth-order valence-electron chi connectivity index (χ4n) is 0.917. The fourth-order valence-corrected chi connectivity index (χ4v) is 0.917. The van der Waals surface area contributed by atoms with Crippen LogP contribution in [0.1, 0.15) is 13.8 Å². The summed E-state index contributed by atoms with van der Waals surface area (Å²) >= 11 is 0. The van der Waals surface area contributed by atoms with Crippen LogP contribution in [0, 0.1) is 0 Å². The molecule has 0 aliphatic carbocycles. The summed E-state index contributed by atoms with van der Waals surface area (Å²) in [5.41, 5.74) is 0.681. The smallest absolute Gasteiger partial charge is 0.163 e. The molecule has 0 fully saturated rings. The van der Waals surface area contributed by atoms with Crippen molar-refractivity contribution in [2.75, 3.05) is 20.3 Å². The third-order valence-corrected chi connectivity index (χ3v) is 1.77. The van der Waals surface area contributed by atoms with E-state index in [9.17, 15) is 5.11 Å². The summed E-state index contributed by atoms with van der Waals surface area (Å²) in [4.78, 5) is 0. The second-order valence-electron chi connectivity index (χ2n) is 3.15. The van der Waals surface area contributed by atoms with Gasteiger partial charge in [-0.2, -0.15) is 0 Å². The molecule has 70 valence electrons. The number of likely N-dealkylation sites (N-methyl/N-ethyl adjacent to an activating group) is 1. The zero-order chi connectivity index (χ0) is 9.19. The molecule has 0 atom stereocenters. The van der Waals surface area contributed by atoms with Crippen LogP contribution >= 0.6 is 0 Å². The van der Waals surface area contributed by atoms with Crippen molar-refractivity contribution in [2.45, 2.75) is 19.6 Å². The van der Waals surface area contributed by atoms with Crippen LogP contribution in [-0.4, -0.2) is 31.2 Å². The lowest BCUT2D eigenvalue weighted by molar-refractivity contribution is -0.199. The monoisotopic (exact) mass is 173 g/mol. The van der Waals surface area contributed by atoms with Gasteiger partial charge >= 0.3 is 0 Å². The topological polar surface area (TPSA) is 50.7 Å². The highest BCUT2D eigenvalue weighted by Gasteiger charge is 2.24. The first-order chi connectivity index (χ1) is 5.55. The van der Waals surface area contributed by atoms with Crippen LogP contribution in [0.25, 0.3) is 0 Å². The molecule has 0 bridgehead atoms. The Morgan fingerprint density at radius 1 is 1.33 bits per heavy atom. The van der Waals surface area contributed by atoms with Gasteiger partial charge in [0.2, 0.25) is 0 Å². The molecule has 1 rings (SSSR count). The van der Waals surface area contributed by atoms with Gasteiger partial charge in [0.25, 0.3) is 0 Å². The summed E-state index contributed by atoms with van der Waals surface area (Å²) in [7, 11) is 1.74. The number of aliphatic hydroxyl groups excluding tert-OH is 1. The van der Waals surface area contributed by atoms with E-state index in [1.54, 1.807) is 7.05 Å². The molecule has 0 aromatic carbocycles. The molecular weight excluding hydrogens is 158 g/mol. The average molecular weight is 173 g/mol. The molecule has 0 saturated carbocycles. The zero-order valence-corrected chi connectivity index (χ0v) is 7.68. The van der Waals surface area contributed by atoms with Crippen molar-refractivity contribution in [3.63, 3.8) is 0 Å². The fraction of sp³-hybridized carbons (Fsp3) is 0.750. The zero-order valence-electron chi connectivity index (χ0n) is 7.68. The molecule has 0 unspecified atom stereocenters. The Balaban J connectivity index is 2.67. The Kier molecular flexibility index (Phi) is 2.59. The first-order valence-electron chi connectivity index (χ1n) is 3.92. The van der Waals surface area contributed by atoms with Crippen LogP contribution in [0.2, 0.25) is 0 Å². The maximum atomic E-state index is 9.39. The van der Waals surface area contributed by atoms with Gasteiger partial charge < -0.3 is 19.9 Å². The Morgan fingerprint density at radius 3 is 2.50 bits per heavy atom. The number of ether oxygens (including phenoxy) is 2. The van der Waals surface area contributed by atoms with Crippen LogP contribution in [0.3, 0.4) is 0 Å². The highest BCUT2D eigenvalue weighted by molar-refractivity contribution is 5.07. The molecule has 0 amide bonds. The van der Waals surface area contributed by atoms with Crippen molar-refractivity contribution in [3.05, 3.63) is 11.5 Å². The molecule has 1 heterocycles. The van der Waals surface area contributed by atoms with Gasteiger partial charge in [-0.1, -0.05) is 0 Å². The van der Waals surface area contributed by atoms with E-state index >= 15 is 0 Å². The number of hydrogen-bond acceptors (Lipinski definition) is 4. The van der Waals surface area contributed by atoms with Gasteiger partial charge in [0, 0.05) is 7.05 Å². The van der Waals surface area contributed by atoms with E-state index < -0.39 is 5.79 Å². The summed E-state index contributed by atoms with van der Waals surface area (Å²) in [6.45, 7) is 4.19. The molecule has 0 radical (unpaired) electrons. The summed E-state index contributed by atoms with van der Waals surface area (Å²) in [5.74, 6) is -0.407. The molecular formula is C8H15NO3. The standard InChI is InChI=1S/C8H15NO3/c1-8(2)11-4-6(9-3)7(10)5-12-8/h9-10H,4-5H2,1-3H3. The Bertz CT molecular complexity index is 198. The molecule has 1 aliphatic heterocycles. The van der Waals surface area contributed by atoms with Gasteiger partial charge in [-0.3, -0.25) is 0 Å². The minimum Gasteiger partial charge on any atom is -0.508 e. The van der Waals surface area contributed by atoms with Gasteiger partial charge in [-0.15, -0.1) is 0 Å². The van der Waals surface area contributed by atoms with E-state index in [-0.39, 0.29) is 12.4 Å². The Labute approximate surface area is 72.2 Å². The van der Waals surface area contributed by atoms with Gasteiger partial charge in [-0.25, -0.2) is 0 Å². The lowest BCUT2D eigenvalue weighted by Crippen LogP contribution is -2.28. The first-order valence-corrected chi connectivity index (χ1v) is 3.92. The van der Waals surface area contributed by atoms with Gasteiger partial charge in [0.15, 0.2) is 5.79 Å². The summed E-state index contributed by atoms with van der Waals surface area (Å²) in [5, 5.41) is 12.2. The number of aliphatic hydroxyl groups is 1. The molecule has 0 aromatic rings.